The maximum atomic E-state index is 14.2. The summed E-state index contributed by atoms with van der Waals surface area (Å²) in [5.74, 6) is 0.561. The van der Waals surface area contributed by atoms with Crippen LogP contribution >= 0.6 is 0 Å². The van der Waals surface area contributed by atoms with Crippen molar-refractivity contribution in [3.63, 3.8) is 0 Å². The van der Waals surface area contributed by atoms with E-state index in [1.165, 1.54) is 18.5 Å². The molecule has 150 valence electrons. The summed E-state index contributed by atoms with van der Waals surface area (Å²) in [6.45, 7) is 0. The topological polar surface area (TPSA) is 97.7 Å². The number of halogens is 1. The fraction of sp³-hybridized carbons (Fsp3) is 0.200. The van der Waals surface area contributed by atoms with E-state index in [0.29, 0.717) is 22.6 Å². The summed E-state index contributed by atoms with van der Waals surface area (Å²) in [4.78, 5) is 16.7. The van der Waals surface area contributed by atoms with Crippen LogP contribution in [-0.4, -0.2) is 32.1 Å². The molecular formula is C20H21FN6O2. The van der Waals surface area contributed by atoms with Gasteiger partial charge in [-0.2, -0.15) is 10.2 Å². The molecule has 3 heterocycles. The van der Waals surface area contributed by atoms with Gasteiger partial charge < -0.3 is 10.1 Å². The molecule has 1 aliphatic heterocycles. The first-order valence-electron chi connectivity index (χ1n) is 9.03. The number of anilines is 1. The van der Waals surface area contributed by atoms with Crippen LogP contribution in [0.2, 0.25) is 0 Å². The minimum absolute atomic E-state index is 0. The van der Waals surface area contributed by atoms with E-state index in [4.69, 9.17) is 4.74 Å². The Balaban J connectivity index is 0.00000136. The highest BCUT2D eigenvalue weighted by atomic mass is 19.1. The Hall–Kier alpha value is -3.75. The number of aromatic nitrogens is 5. The van der Waals surface area contributed by atoms with Gasteiger partial charge in [-0.05, 0) is 29.8 Å². The van der Waals surface area contributed by atoms with Gasteiger partial charge >= 0.3 is 0 Å². The van der Waals surface area contributed by atoms with Crippen LogP contribution in [-0.2, 0) is 7.05 Å². The Morgan fingerprint density at radius 1 is 1.24 bits per heavy atom. The van der Waals surface area contributed by atoms with Gasteiger partial charge in [-0.15, -0.1) is 0 Å². The second-order valence-corrected chi connectivity index (χ2v) is 6.93. The zero-order chi connectivity index (χ0) is 20.1. The van der Waals surface area contributed by atoms with E-state index in [9.17, 15) is 9.18 Å². The molecule has 0 unspecified atom stereocenters. The zero-order valence-electron chi connectivity index (χ0n) is 15.7. The van der Waals surface area contributed by atoms with Crippen molar-refractivity contribution in [2.45, 2.75) is 12.0 Å². The first kappa shape index (κ1) is 17.4. The summed E-state index contributed by atoms with van der Waals surface area (Å²) < 4.78 is 21.2. The van der Waals surface area contributed by atoms with Crippen molar-refractivity contribution in [3.05, 3.63) is 76.0 Å². The summed E-state index contributed by atoms with van der Waals surface area (Å²) in [6, 6.07) is 9.91. The number of aromatic amines is 1. The number of methoxy groups -OCH3 is 1. The summed E-state index contributed by atoms with van der Waals surface area (Å²) in [7, 11) is 3.41. The molecular weight excluding hydrogens is 375 g/mol. The van der Waals surface area contributed by atoms with Gasteiger partial charge in [0.25, 0.3) is 5.56 Å². The van der Waals surface area contributed by atoms with Crippen LogP contribution in [0.15, 0.2) is 47.5 Å². The smallest absolute Gasteiger partial charge is 0.272 e. The Morgan fingerprint density at radius 3 is 2.72 bits per heavy atom. The molecule has 0 saturated heterocycles. The molecule has 0 aliphatic carbocycles. The summed E-state index contributed by atoms with van der Waals surface area (Å²) >= 11 is 0. The molecule has 0 bridgehead atoms. The molecule has 1 aliphatic rings. The second kappa shape index (κ2) is 6.40. The highest BCUT2D eigenvalue weighted by molar-refractivity contribution is 5.97. The van der Waals surface area contributed by atoms with Gasteiger partial charge in [-0.1, -0.05) is 12.1 Å². The van der Waals surface area contributed by atoms with Crippen molar-refractivity contribution >= 4 is 16.5 Å². The molecule has 9 heteroatoms. The number of ether oxygens (including phenoxy) is 1. The second-order valence-electron chi connectivity index (χ2n) is 6.93. The van der Waals surface area contributed by atoms with Gasteiger partial charge in [0.2, 0.25) is 0 Å². The van der Waals surface area contributed by atoms with Crippen molar-refractivity contribution in [1.82, 2.24) is 25.0 Å². The van der Waals surface area contributed by atoms with Gasteiger partial charge in [-0.3, -0.25) is 9.48 Å². The normalized spacial score (nSPS) is 17.9. The average Bonchev–Trinajstić information content (AvgIpc) is 3.15. The Bertz CT molecular complexity index is 1290. The molecule has 5 rings (SSSR count). The third kappa shape index (κ3) is 2.65. The van der Waals surface area contributed by atoms with Crippen LogP contribution in [0.5, 0.6) is 5.75 Å². The van der Waals surface area contributed by atoms with Crippen LogP contribution in [0.1, 0.15) is 31.9 Å². The Labute approximate surface area is 167 Å². The van der Waals surface area contributed by atoms with Crippen molar-refractivity contribution in [3.8, 4) is 5.75 Å². The zero-order valence-corrected chi connectivity index (χ0v) is 15.7. The van der Waals surface area contributed by atoms with Crippen LogP contribution in [0, 0.1) is 5.82 Å². The molecule has 0 amide bonds. The van der Waals surface area contributed by atoms with Crippen LogP contribution in [0.25, 0.3) is 10.8 Å². The van der Waals surface area contributed by atoms with Crippen molar-refractivity contribution in [2.75, 3.05) is 12.4 Å². The molecule has 0 fully saturated rings. The third-order valence-electron chi connectivity index (χ3n) is 5.32. The van der Waals surface area contributed by atoms with E-state index in [1.54, 1.807) is 18.8 Å². The molecule has 2 aromatic heterocycles. The molecule has 2 atom stereocenters. The molecule has 29 heavy (non-hydrogen) atoms. The number of benzene rings is 2. The lowest BCUT2D eigenvalue weighted by molar-refractivity contribution is 0.414. The molecule has 2 aromatic carbocycles. The fourth-order valence-corrected chi connectivity index (χ4v) is 3.98. The number of nitrogens with zero attached hydrogens (tertiary/aromatic N) is 4. The number of H-pyrrole nitrogens is 1. The van der Waals surface area contributed by atoms with E-state index < -0.39 is 11.4 Å². The van der Waals surface area contributed by atoms with Crippen LogP contribution in [0.4, 0.5) is 10.1 Å². The predicted molar refractivity (Wildman–Crippen MR) is 109 cm³/mol. The molecule has 0 spiro atoms. The molecule has 8 nitrogen and oxygen atoms in total. The van der Waals surface area contributed by atoms with Crippen LogP contribution in [0.3, 0.4) is 0 Å². The number of hydrogen-bond donors (Lipinski definition) is 2. The molecule has 2 N–H and O–H groups in total. The van der Waals surface area contributed by atoms with Crippen LogP contribution < -0.4 is 15.6 Å². The monoisotopic (exact) mass is 396 g/mol. The molecule has 0 radical (unpaired) electrons. The van der Waals surface area contributed by atoms with Gasteiger partial charge in [0.05, 0.1) is 30.1 Å². The van der Waals surface area contributed by atoms with Gasteiger partial charge in [-0.25, -0.2) is 14.5 Å². The third-order valence-corrected chi connectivity index (χ3v) is 5.32. The van der Waals surface area contributed by atoms with Crippen molar-refractivity contribution in [1.29, 1.82) is 0 Å². The number of hydrogen-bond acceptors (Lipinski definition) is 6. The average molecular weight is 396 g/mol. The summed E-state index contributed by atoms with van der Waals surface area (Å²) in [6.07, 6.45) is 1.48. The van der Waals surface area contributed by atoms with E-state index >= 15 is 0 Å². The highest BCUT2D eigenvalue weighted by Gasteiger charge is 2.37. The summed E-state index contributed by atoms with van der Waals surface area (Å²) in [5, 5.41) is 15.3. The standard InChI is InChI=1S/C20H17FN6O2.2H2/c1-27-19(22-9-23-27)16-17(10-3-5-12(29-2)6-4-10)24-14-8-11(21)7-13-15(14)18(16)25-26-20(13)28;;/h3-9,16-17,24H,1-2H3,(H,26,28);2*1H/t16-,17-;;/m0../s1. The minimum Gasteiger partial charge on any atom is -0.497 e. The van der Waals surface area contributed by atoms with Gasteiger partial charge in [0.1, 0.15) is 23.7 Å². The first-order valence-corrected chi connectivity index (χ1v) is 9.03. The lowest BCUT2D eigenvalue weighted by Crippen LogP contribution is -2.30. The van der Waals surface area contributed by atoms with Crippen molar-refractivity contribution in [2.24, 2.45) is 7.05 Å². The van der Waals surface area contributed by atoms with Gasteiger partial charge in [0, 0.05) is 21.0 Å². The van der Waals surface area contributed by atoms with E-state index in [-0.39, 0.29) is 20.2 Å². The maximum Gasteiger partial charge on any atom is 0.272 e. The quantitative estimate of drug-likeness (QED) is 0.553. The lowest BCUT2D eigenvalue weighted by Gasteiger charge is -2.33. The maximum absolute atomic E-state index is 14.2. The van der Waals surface area contributed by atoms with E-state index in [1.807, 2.05) is 24.3 Å². The molecule has 4 aromatic rings. The van der Waals surface area contributed by atoms with E-state index in [2.05, 4.69) is 25.6 Å². The number of aryl methyl sites for hydroxylation is 1. The Morgan fingerprint density at radius 2 is 2.03 bits per heavy atom. The van der Waals surface area contributed by atoms with Crippen molar-refractivity contribution < 1.29 is 12.0 Å². The number of nitrogens with one attached hydrogen (secondary N) is 2. The Kier molecular flexibility index (Phi) is 3.83. The molecule has 0 saturated carbocycles. The first-order chi connectivity index (χ1) is 14.1. The summed E-state index contributed by atoms with van der Waals surface area (Å²) in [5.41, 5.74) is 1.64. The number of rotatable bonds is 3. The highest BCUT2D eigenvalue weighted by Crippen LogP contribution is 2.45. The van der Waals surface area contributed by atoms with Gasteiger partial charge in [0.15, 0.2) is 0 Å². The fourth-order valence-electron chi connectivity index (χ4n) is 3.98. The SMILES string of the molecule is COc1ccc([C@@H]2Nc3cc(F)cc4c(=O)[nH]nc(c34)[C@H]2c2ncnn2C)cc1.[HH].[HH]. The predicted octanol–water partition coefficient (Wildman–Crippen LogP) is 2.99. The largest absolute Gasteiger partial charge is 0.497 e. The van der Waals surface area contributed by atoms with E-state index in [0.717, 1.165) is 11.3 Å². The lowest BCUT2D eigenvalue weighted by atomic mass is 9.83. The minimum atomic E-state index is -0.492.